The van der Waals surface area contributed by atoms with Crippen LogP contribution in [0.3, 0.4) is 0 Å². The summed E-state index contributed by atoms with van der Waals surface area (Å²) in [4.78, 5) is 24.7. The first-order valence-electron chi connectivity index (χ1n) is 9.90. The van der Waals surface area contributed by atoms with Crippen molar-refractivity contribution in [3.63, 3.8) is 0 Å². The molecule has 5 nitrogen and oxygen atoms in total. The van der Waals surface area contributed by atoms with Crippen LogP contribution in [0.4, 0.5) is 0 Å². The molecule has 0 amide bonds. The molecule has 4 rings (SSSR count). The quantitative estimate of drug-likeness (QED) is 0.249. The van der Waals surface area contributed by atoms with Gasteiger partial charge in [-0.25, -0.2) is 4.79 Å². The molecular weight excluding hydrogens is 392 g/mol. The third-order valence-corrected chi connectivity index (χ3v) is 5.31. The molecule has 0 unspecified atom stereocenters. The molecule has 0 N–H and O–H groups in total. The van der Waals surface area contributed by atoms with E-state index in [1.807, 2.05) is 24.3 Å². The van der Waals surface area contributed by atoms with Gasteiger partial charge in [-0.3, -0.25) is 4.79 Å². The molecule has 0 fully saturated rings. The molecule has 0 heterocycles. The largest absolute Gasteiger partial charge is 0.497 e. The van der Waals surface area contributed by atoms with Gasteiger partial charge >= 0.3 is 5.97 Å². The number of carbonyl (C=O) groups excluding carboxylic acids is 2. The van der Waals surface area contributed by atoms with Gasteiger partial charge in [0.1, 0.15) is 11.5 Å². The van der Waals surface area contributed by atoms with Gasteiger partial charge in [0.2, 0.25) is 0 Å². The van der Waals surface area contributed by atoms with E-state index in [4.69, 9.17) is 14.2 Å². The molecule has 0 saturated carbocycles. The number of ketones is 1. The van der Waals surface area contributed by atoms with E-state index in [2.05, 4.69) is 12.1 Å². The van der Waals surface area contributed by atoms with E-state index < -0.39 is 5.97 Å². The summed E-state index contributed by atoms with van der Waals surface area (Å²) in [6, 6.07) is 19.1. The number of fused-ring (bicyclic) bond motifs is 3. The molecule has 1 aliphatic rings. The monoisotopic (exact) mass is 414 g/mol. The lowest BCUT2D eigenvalue weighted by atomic mass is 10.0. The molecule has 3 aromatic carbocycles. The summed E-state index contributed by atoms with van der Waals surface area (Å²) >= 11 is 0. The number of ether oxygens (including phenoxy) is 3. The molecule has 156 valence electrons. The van der Waals surface area contributed by atoms with Gasteiger partial charge in [-0.1, -0.05) is 36.4 Å². The summed E-state index contributed by atoms with van der Waals surface area (Å²) in [6.07, 6.45) is 3.72. The minimum Gasteiger partial charge on any atom is -0.497 e. The second-order valence-electron chi connectivity index (χ2n) is 7.18. The zero-order valence-electron chi connectivity index (χ0n) is 17.4. The molecule has 0 aromatic heterocycles. The number of rotatable bonds is 7. The zero-order valence-corrected chi connectivity index (χ0v) is 17.4. The summed E-state index contributed by atoms with van der Waals surface area (Å²) in [6.45, 7) is -0.316. The molecule has 0 spiro atoms. The fourth-order valence-corrected chi connectivity index (χ4v) is 3.68. The van der Waals surface area contributed by atoms with E-state index in [-0.39, 0.29) is 12.4 Å². The molecule has 0 saturated heterocycles. The van der Waals surface area contributed by atoms with Gasteiger partial charge in [0, 0.05) is 23.3 Å². The molecule has 0 atom stereocenters. The molecule has 1 aliphatic carbocycles. The average molecular weight is 414 g/mol. The van der Waals surface area contributed by atoms with Crippen LogP contribution in [-0.2, 0) is 16.0 Å². The number of benzene rings is 3. The summed E-state index contributed by atoms with van der Waals surface area (Å²) in [5.41, 5.74) is 5.91. The summed E-state index contributed by atoms with van der Waals surface area (Å²) in [5.74, 6) is 0.380. The highest BCUT2D eigenvalue weighted by atomic mass is 16.5. The Hall–Kier alpha value is -3.86. The van der Waals surface area contributed by atoms with Gasteiger partial charge in [-0.05, 0) is 52.9 Å². The van der Waals surface area contributed by atoms with Gasteiger partial charge in [0.05, 0.1) is 14.2 Å². The Balaban J connectivity index is 1.40. The number of esters is 1. The maximum Gasteiger partial charge on any atom is 0.331 e. The van der Waals surface area contributed by atoms with Crippen molar-refractivity contribution in [1.82, 2.24) is 0 Å². The summed E-state index contributed by atoms with van der Waals surface area (Å²) in [7, 11) is 3.11. The Bertz CT molecular complexity index is 1180. The zero-order chi connectivity index (χ0) is 21.8. The molecule has 31 heavy (non-hydrogen) atoms. The van der Waals surface area contributed by atoms with E-state index in [1.54, 1.807) is 37.5 Å². The Kier molecular flexibility index (Phi) is 5.85. The van der Waals surface area contributed by atoms with Gasteiger partial charge in [0.25, 0.3) is 0 Å². The van der Waals surface area contributed by atoms with Crippen LogP contribution in [0, 0.1) is 0 Å². The van der Waals surface area contributed by atoms with Crippen LogP contribution < -0.4 is 9.47 Å². The van der Waals surface area contributed by atoms with Crippen LogP contribution in [0.15, 0.2) is 66.7 Å². The van der Waals surface area contributed by atoms with E-state index in [0.717, 1.165) is 17.5 Å². The minimum atomic E-state index is -0.599. The Labute approximate surface area is 180 Å². The average Bonchev–Trinajstić information content (AvgIpc) is 3.19. The maximum absolute atomic E-state index is 12.6. The lowest BCUT2D eigenvalue weighted by molar-refractivity contribution is -0.136. The first-order valence-corrected chi connectivity index (χ1v) is 9.90. The molecule has 0 bridgehead atoms. The highest BCUT2D eigenvalue weighted by Gasteiger charge is 2.19. The number of hydrogen-bond donors (Lipinski definition) is 0. The first-order chi connectivity index (χ1) is 15.1. The van der Waals surface area contributed by atoms with Crippen molar-refractivity contribution in [1.29, 1.82) is 0 Å². The highest BCUT2D eigenvalue weighted by molar-refractivity contribution is 6.00. The van der Waals surface area contributed by atoms with Crippen molar-refractivity contribution in [3.8, 4) is 22.6 Å². The predicted octanol–water partition coefficient (Wildman–Crippen LogP) is 4.71. The topological polar surface area (TPSA) is 61.8 Å². The van der Waals surface area contributed by atoms with Gasteiger partial charge in [0.15, 0.2) is 12.4 Å². The normalized spacial score (nSPS) is 11.7. The lowest BCUT2D eigenvalue weighted by Crippen LogP contribution is -2.12. The molecular formula is C26H22O5. The second kappa shape index (κ2) is 8.88. The summed E-state index contributed by atoms with van der Waals surface area (Å²) < 4.78 is 15.6. The Morgan fingerprint density at radius 3 is 2.52 bits per heavy atom. The van der Waals surface area contributed by atoms with Crippen LogP contribution in [0.25, 0.3) is 17.2 Å². The highest BCUT2D eigenvalue weighted by Crippen LogP contribution is 2.36. The molecule has 0 aliphatic heterocycles. The van der Waals surface area contributed by atoms with Crippen LogP contribution in [0.2, 0.25) is 0 Å². The maximum atomic E-state index is 12.6. The summed E-state index contributed by atoms with van der Waals surface area (Å²) in [5, 5.41) is 0. The van der Waals surface area contributed by atoms with Crippen molar-refractivity contribution in [2.45, 2.75) is 6.42 Å². The first kappa shape index (κ1) is 20.4. The molecule has 3 aromatic rings. The van der Waals surface area contributed by atoms with Crippen molar-refractivity contribution < 1.29 is 23.8 Å². The van der Waals surface area contributed by atoms with Gasteiger partial charge in [-0.2, -0.15) is 0 Å². The van der Waals surface area contributed by atoms with Crippen LogP contribution in [0.5, 0.6) is 11.5 Å². The number of methoxy groups -OCH3 is 2. The van der Waals surface area contributed by atoms with Crippen molar-refractivity contribution >= 4 is 17.8 Å². The van der Waals surface area contributed by atoms with Gasteiger partial charge < -0.3 is 14.2 Å². The van der Waals surface area contributed by atoms with Gasteiger partial charge in [-0.15, -0.1) is 0 Å². The fraction of sp³-hybridized carbons (Fsp3) is 0.154. The van der Waals surface area contributed by atoms with Crippen LogP contribution in [-0.4, -0.2) is 32.6 Å². The lowest BCUT2D eigenvalue weighted by Gasteiger charge is -2.07. The minimum absolute atomic E-state index is 0.240. The second-order valence-corrected chi connectivity index (χ2v) is 7.18. The number of carbonyl (C=O) groups is 2. The predicted molar refractivity (Wildman–Crippen MR) is 119 cm³/mol. The Morgan fingerprint density at radius 1 is 0.903 bits per heavy atom. The van der Waals surface area contributed by atoms with Crippen molar-refractivity contribution in [2.24, 2.45) is 0 Å². The van der Waals surface area contributed by atoms with E-state index in [9.17, 15) is 9.59 Å². The van der Waals surface area contributed by atoms with Crippen LogP contribution in [0.1, 0.15) is 27.0 Å². The SMILES string of the molecule is COc1ccc(/C=C/C(=O)OCC(=O)c2ccc3c(c2)-c2ccccc2C3)c(OC)c1. The molecule has 5 heteroatoms. The third kappa shape index (κ3) is 4.36. The Morgan fingerprint density at radius 2 is 1.71 bits per heavy atom. The van der Waals surface area contributed by atoms with E-state index >= 15 is 0 Å². The van der Waals surface area contributed by atoms with Crippen molar-refractivity contribution in [3.05, 3.63) is 89.0 Å². The standard InChI is InChI=1S/C26H22O5/c1-29-21-11-9-17(25(15-21)30-2)10-12-26(28)31-16-24(27)20-8-7-19-13-18-5-3-4-6-22(18)23(19)14-20/h3-12,14-15H,13,16H2,1-2H3/b12-10+. The molecule has 0 radical (unpaired) electrons. The third-order valence-electron chi connectivity index (χ3n) is 5.31. The number of Topliss-reactive ketones (excluding diaryl/α,β-unsaturated/α-hetero) is 1. The van der Waals surface area contributed by atoms with E-state index in [0.29, 0.717) is 22.6 Å². The van der Waals surface area contributed by atoms with E-state index in [1.165, 1.54) is 24.3 Å². The van der Waals surface area contributed by atoms with Crippen molar-refractivity contribution in [2.75, 3.05) is 20.8 Å². The fourth-order valence-electron chi connectivity index (χ4n) is 3.68. The van der Waals surface area contributed by atoms with Crippen LogP contribution >= 0.6 is 0 Å². The smallest absolute Gasteiger partial charge is 0.331 e. The number of hydrogen-bond acceptors (Lipinski definition) is 5.